The molecule has 1 N–H and O–H groups in total. The minimum absolute atomic E-state index is 0.138. The smallest absolute Gasteiger partial charge is 0.382 e. The first-order chi connectivity index (χ1) is 7.71. The molecule has 0 saturated heterocycles. The molecule has 0 aromatic heterocycles. The van der Waals surface area contributed by atoms with Gasteiger partial charge in [0.2, 0.25) is 0 Å². The molecule has 0 heterocycles. The van der Waals surface area contributed by atoms with Crippen LogP contribution in [-0.2, 0) is 6.18 Å². The first-order valence-electron chi connectivity index (χ1n) is 5.66. The molecule has 0 fully saturated rings. The molecule has 4 heteroatoms. The van der Waals surface area contributed by atoms with Crippen molar-refractivity contribution in [1.29, 1.82) is 0 Å². The Balaban J connectivity index is 2.97. The van der Waals surface area contributed by atoms with Gasteiger partial charge in [0.1, 0.15) is 0 Å². The lowest BCUT2D eigenvalue weighted by atomic mass is 10.0. The second-order valence-electron chi connectivity index (χ2n) is 4.70. The molecule has 0 amide bonds. The molecule has 1 aromatic rings. The summed E-state index contributed by atoms with van der Waals surface area (Å²) in [5.41, 5.74) is 0.197. The lowest BCUT2D eigenvalue weighted by Crippen LogP contribution is -2.21. The second-order valence-corrected chi connectivity index (χ2v) is 4.70. The molecule has 0 saturated carbocycles. The molecule has 1 nitrogen and oxygen atoms in total. The van der Waals surface area contributed by atoms with E-state index in [4.69, 9.17) is 0 Å². The highest BCUT2D eigenvalue weighted by Gasteiger charge is 2.32. The van der Waals surface area contributed by atoms with Gasteiger partial charge in [0.15, 0.2) is 0 Å². The van der Waals surface area contributed by atoms with Crippen LogP contribution in [0.5, 0.6) is 0 Å². The Morgan fingerprint density at radius 1 is 1.12 bits per heavy atom. The van der Waals surface area contributed by atoms with Crippen LogP contribution in [0.2, 0.25) is 0 Å². The SMILES string of the molecule is Cc1ccc(NC(C)C(C)C)cc1C(F)(F)F. The summed E-state index contributed by atoms with van der Waals surface area (Å²) in [5.74, 6) is 0.366. The van der Waals surface area contributed by atoms with Gasteiger partial charge in [0.25, 0.3) is 0 Å². The van der Waals surface area contributed by atoms with E-state index in [2.05, 4.69) is 5.32 Å². The Bertz CT molecular complexity index is 383. The Morgan fingerprint density at radius 2 is 1.71 bits per heavy atom. The van der Waals surface area contributed by atoms with Gasteiger partial charge in [0, 0.05) is 11.7 Å². The van der Waals surface area contributed by atoms with Crippen molar-refractivity contribution in [2.24, 2.45) is 5.92 Å². The van der Waals surface area contributed by atoms with E-state index in [-0.39, 0.29) is 11.6 Å². The van der Waals surface area contributed by atoms with E-state index in [0.717, 1.165) is 0 Å². The molecule has 17 heavy (non-hydrogen) atoms. The molecule has 1 unspecified atom stereocenters. The Labute approximate surface area is 100 Å². The van der Waals surface area contributed by atoms with Crippen LogP contribution in [0.1, 0.15) is 31.9 Å². The molecular weight excluding hydrogens is 227 g/mol. The number of aryl methyl sites for hydroxylation is 1. The lowest BCUT2D eigenvalue weighted by molar-refractivity contribution is -0.138. The fraction of sp³-hybridized carbons (Fsp3) is 0.538. The number of nitrogens with one attached hydrogen (secondary N) is 1. The van der Waals surface area contributed by atoms with Crippen molar-refractivity contribution in [3.8, 4) is 0 Å². The van der Waals surface area contributed by atoms with Crippen molar-refractivity contribution in [1.82, 2.24) is 0 Å². The number of hydrogen-bond acceptors (Lipinski definition) is 1. The van der Waals surface area contributed by atoms with Crippen molar-refractivity contribution in [3.63, 3.8) is 0 Å². The average molecular weight is 245 g/mol. The number of halogens is 3. The molecule has 0 aliphatic heterocycles. The highest BCUT2D eigenvalue weighted by Crippen LogP contribution is 2.33. The van der Waals surface area contributed by atoms with Crippen LogP contribution in [0.4, 0.5) is 18.9 Å². The molecule has 1 rings (SSSR count). The van der Waals surface area contributed by atoms with Crippen LogP contribution in [0.15, 0.2) is 18.2 Å². The van der Waals surface area contributed by atoms with Crippen LogP contribution in [-0.4, -0.2) is 6.04 Å². The maximum Gasteiger partial charge on any atom is 0.416 e. The first-order valence-corrected chi connectivity index (χ1v) is 5.66. The van der Waals surface area contributed by atoms with Crippen molar-refractivity contribution in [2.45, 2.75) is 39.9 Å². The predicted octanol–water partition coefficient (Wildman–Crippen LogP) is 4.47. The quantitative estimate of drug-likeness (QED) is 0.828. The van der Waals surface area contributed by atoms with Crippen LogP contribution >= 0.6 is 0 Å². The minimum atomic E-state index is -4.29. The highest BCUT2D eigenvalue weighted by atomic mass is 19.4. The first kappa shape index (κ1) is 13.9. The summed E-state index contributed by atoms with van der Waals surface area (Å²) in [6.45, 7) is 7.48. The molecule has 0 spiro atoms. The van der Waals surface area contributed by atoms with Crippen LogP contribution < -0.4 is 5.32 Å². The fourth-order valence-corrected chi connectivity index (χ4v) is 1.45. The number of hydrogen-bond donors (Lipinski definition) is 1. The maximum atomic E-state index is 12.7. The summed E-state index contributed by atoms with van der Waals surface area (Å²) in [6.07, 6.45) is -4.29. The summed E-state index contributed by atoms with van der Waals surface area (Å²) in [4.78, 5) is 0. The number of rotatable bonds is 3. The van der Waals surface area contributed by atoms with Gasteiger partial charge in [-0.05, 0) is 37.5 Å². The van der Waals surface area contributed by atoms with Crippen LogP contribution in [0.3, 0.4) is 0 Å². The van der Waals surface area contributed by atoms with Crippen molar-refractivity contribution >= 4 is 5.69 Å². The third-order valence-electron chi connectivity index (χ3n) is 2.94. The molecule has 1 aromatic carbocycles. The van der Waals surface area contributed by atoms with Gasteiger partial charge in [-0.3, -0.25) is 0 Å². The maximum absolute atomic E-state index is 12.7. The van der Waals surface area contributed by atoms with Gasteiger partial charge in [0.05, 0.1) is 5.56 Å². The van der Waals surface area contributed by atoms with E-state index in [1.54, 1.807) is 6.07 Å². The fourth-order valence-electron chi connectivity index (χ4n) is 1.45. The van der Waals surface area contributed by atoms with E-state index in [0.29, 0.717) is 11.6 Å². The predicted molar refractivity (Wildman–Crippen MR) is 64.1 cm³/mol. The third-order valence-corrected chi connectivity index (χ3v) is 2.94. The summed E-state index contributed by atoms with van der Waals surface area (Å²) in [6, 6.07) is 4.49. The highest BCUT2D eigenvalue weighted by molar-refractivity contribution is 5.50. The van der Waals surface area contributed by atoms with E-state index in [9.17, 15) is 13.2 Å². The standard InChI is InChI=1S/C13H18F3N/c1-8(2)10(4)17-11-6-5-9(3)12(7-11)13(14,15)16/h5-8,10,17H,1-4H3. The van der Waals surface area contributed by atoms with Crippen LogP contribution in [0, 0.1) is 12.8 Å². The number of alkyl halides is 3. The summed E-state index contributed by atoms with van der Waals surface area (Å²) >= 11 is 0. The van der Waals surface area contributed by atoms with E-state index < -0.39 is 11.7 Å². The van der Waals surface area contributed by atoms with Gasteiger partial charge in [-0.15, -0.1) is 0 Å². The third kappa shape index (κ3) is 3.65. The van der Waals surface area contributed by atoms with Crippen molar-refractivity contribution in [3.05, 3.63) is 29.3 Å². The monoisotopic (exact) mass is 245 g/mol. The van der Waals surface area contributed by atoms with E-state index >= 15 is 0 Å². The Hall–Kier alpha value is -1.19. The molecular formula is C13H18F3N. The molecule has 1 atom stereocenters. The Morgan fingerprint density at radius 3 is 2.18 bits per heavy atom. The van der Waals surface area contributed by atoms with Gasteiger partial charge in [-0.25, -0.2) is 0 Å². The van der Waals surface area contributed by atoms with Crippen molar-refractivity contribution < 1.29 is 13.2 Å². The number of anilines is 1. The van der Waals surface area contributed by atoms with E-state index in [1.165, 1.54) is 19.1 Å². The molecule has 0 aliphatic rings. The van der Waals surface area contributed by atoms with Gasteiger partial charge < -0.3 is 5.32 Å². The van der Waals surface area contributed by atoms with Crippen molar-refractivity contribution in [2.75, 3.05) is 5.32 Å². The van der Waals surface area contributed by atoms with Gasteiger partial charge in [-0.2, -0.15) is 13.2 Å². The lowest BCUT2D eigenvalue weighted by Gasteiger charge is -2.20. The van der Waals surface area contributed by atoms with Crippen LogP contribution in [0.25, 0.3) is 0 Å². The molecule has 0 bridgehead atoms. The zero-order chi connectivity index (χ0) is 13.2. The minimum Gasteiger partial charge on any atom is -0.382 e. The normalized spacial score (nSPS) is 13.9. The van der Waals surface area contributed by atoms with E-state index in [1.807, 2.05) is 20.8 Å². The summed E-state index contributed by atoms with van der Waals surface area (Å²) in [7, 11) is 0. The average Bonchev–Trinajstić information content (AvgIpc) is 2.19. The largest absolute Gasteiger partial charge is 0.416 e. The molecule has 0 radical (unpaired) electrons. The molecule has 96 valence electrons. The summed E-state index contributed by atoms with van der Waals surface area (Å²) < 4.78 is 38.1. The zero-order valence-electron chi connectivity index (χ0n) is 10.5. The zero-order valence-corrected chi connectivity index (χ0v) is 10.5. The van der Waals surface area contributed by atoms with Gasteiger partial charge in [-0.1, -0.05) is 19.9 Å². The number of benzene rings is 1. The Kier molecular flexibility index (Phi) is 4.07. The second kappa shape index (κ2) is 4.98. The molecule has 0 aliphatic carbocycles. The topological polar surface area (TPSA) is 12.0 Å². The summed E-state index contributed by atoms with van der Waals surface area (Å²) in [5, 5.41) is 3.08. The van der Waals surface area contributed by atoms with Gasteiger partial charge >= 0.3 is 6.18 Å².